The summed E-state index contributed by atoms with van der Waals surface area (Å²) in [5.41, 5.74) is 0.990. The summed E-state index contributed by atoms with van der Waals surface area (Å²) in [6.07, 6.45) is 0. The second kappa shape index (κ2) is 7.20. The van der Waals surface area contributed by atoms with E-state index in [1.807, 2.05) is 91.0 Å². The molecule has 3 aromatic rings. The van der Waals surface area contributed by atoms with Crippen LogP contribution < -0.4 is 10.6 Å². The topological polar surface area (TPSA) is 29.5 Å². The van der Waals surface area contributed by atoms with Crippen LogP contribution in [0.4, 0.5) is 0 Å². The molecule has 0 aliphatic carbocycles. The van der Waals surface area contributed by atoms with Crippen LogP contribution in [0.5, 0.6) is 0 Å². The molecule has 1 aliphatic heterocycles. The molecule has 132 valence electrons. The molecule has 1 saturated heterocycles. The summed E-state index contributed by atoms with van der Waals surface area (Å²) >= 11 is 0. The van der Waals surface area contributed by atoms with Crippen molar-refractivity contribution in [1.82, 2.24) is 5.06 Å². The smallest absolute Gasteiger partial charge is 0.150 e. The Hall–Kier alpha value is -2.19. The van der Waals surface area contributed by atoms with Crippen molar-refractivity contribution >= 4 is 17.8 Å². The molecule has 0 aromatic heterocycles. The van der Waals surface area contributed by atoms with Crippen molar-refractivity contribution in [2.24, 2.45) is 0 Å². The molecule has 4 rings (SSSR count). The van der Waals surface area contributed by atoms with Crippen molar-refractivity contribution < 1.29 is 9.40 Å². The zero-order valence-electron chi connectivity index (χ0n) is 14.7. The molecule has 0 unspecified atom stereocenters. The van der Waals surface area contributed by atoms with Gasteiger partial charge in [-0.1, -0.05) is 91.0 Å². The van der Waals surface area contributed by atoms with Crippen LogP contribution in [0.2, 0.25) is 0 Å². The van der Waals surface area contributed by atoms with Gasteiger partial charge >= 0.3 is 0 Å². The van der Waals surface area contributed by atoms with Crippen molar-refractivity contribution in [3.63, 3.8) is 0 Å². The molecule has 0 saturated carbocycles. The van der Waals surface area contributed by atoms with E-state index in [9.17, 15) is 4.57 Å². The first kappa shape index (κ1) is 17.2. The average molecular weight is 363 g/mol. The van der Waals surface area contributed by atoms with Crippen molar-refractivity contribution in [1.29, 1.82) is 0 Å². The van der Waals surface area contributed by atoms with Crippen LogP contribution in [-0.2, 0) is 9.40 Å². The van der Waals surface area contributed by atoms with E-state index in [-0.39, 0.29) is 11.7 Å². The molecule has 0 radical (unpaired) electrons. The molecule has 26 heavy (non-hydrogen) atoms. The van der Waals surface area contributed by atoms with Gasteiger partial charge < -0.3 is 4.57 Å². The maximum Gasteiger partial charge on any atom is 0.150 e. The first-order chi connectivity index (χ1) is 12.7. The van der Waals surface area contributed by atoms with E-state index >= 15 is 0 Å². The van der Waals surface area contributed by atoms with Crippen LogP contribution in [0.1, 0.15) is 11.6 Å². The van der Waals surface area contributed by atoms with Gasteiger partial charge in [0.1, 0.15) is 7.14 Å². The SMILES string of the molecule is CN1OC[C@H](P(=O)(c2ccccc2)c2ccccc2)[C@H]1c1ccccc1. The molecule has 1 aliphatic rings. The summed E-state index contributed by atoms with van der Waals surface area (Å²) in [6.45, 7) is 0.442. The van der Waals surface area contributed by atoms with Crippen molar-refractivity contribution in [3.8, 4) is 0 Å². The monoisotopic (exact) mass is 363 g/mol. The highest BCUT2D eigenvalue weighted by Crippen LogP contribution is 2.56. The first-order valence-electron chi connectivity index (χ1n) is 8.83. The maximum absolute atomic E-state index is 14.6. The molecular formula is C22H22NO2P. The first-order valence-corrected chi connectivity index (χ1v) is 10.6. The van der Waals surface area contributed by atoms with Gasteiger partial charge in [0, 0.05) is 17.7 Å². The molecule has 1 fully saturated rings. The summed E-state index contributed by atoms with van der Waals surface area (Å²) in [5.74, 6) is 0. The Kier molecular flexibility index (Phi) is 4.78. The summed E-state index contributed by atoms with van der Waals surface area (Å²) in [6, 6.07) is 29.9. The highest BCUT2D eigenvalue weighted by atomic mass is 31.2. The van der Waals surface area contributed by atoms with Crippen molar-refractivity contribution in [2.45, 2.75) is 11.7 Å². The van der Waals surface area contributed by atoms with Crippen LogP contribution >= 0.6 is 7.14 Å². The Morgan fingerprint density at radius 2 is 1.27 bits per heavy atom. The number of hydroxylamine groups is 2. The van der Waals surface area contributed by atoms with E-state index in [2.05, 4.69) is 12.1 Å². The number of hydrogen-bond donors (Lipinski definition) is 0. The van der Waals surface area contributed by atoms with E-state index in [1.165, 1.54) is 0 Å². The van der Waals surface area contributed by atoms with Crippen molar-refractivity contribution in [2.75, 3.05) is 13.7 Å². The Bertz CT molecular complexity index is 856. The van der Waals surface area contributed by atoms with Crippen LogP contribution in [0.25, 0.3) is 0 Å². The summed E-state index contributed by atoms with van der Waals surface area (Å²) in [4.78, 5) is 5.88. The van der Waals surface area contributed by atoms with Crippen LogP contribution in [0, 0.1) is 0 Å². The lowest BCUT2D eigenvalue weighted by atomic mass is 10.0. The van der Waals surface area contributed by atoms with Gasteiger partial charge in [-0.25, -0.2) is 0 Å². The minimum absolute atomic E-state index is 0.0533. The van der Waals surface area contributed by atoms with E-state index in [0.717, 1.165) is 16.2 Å². The Balaban J connectivity index is 1.88. The summed E-state index contributed by atoms with van der Waals surface area (Å²) in [7, 11) is -0.969. The van der Waals surface area contributed by atoms with E-state index < -0.39 is 7.14 Å². The Morgan fingerprint density at radius 1 is 0.808 bits per heavy atom. The van der Waals surface area contributed by atoms with E-state index in [0.29, 0.717) is 6.61 Å². The lowest BCUT2D eigenvalue weighted by Crippen LogP contribution is -2.32. The molecule has 2 atom stereocenters. The van der Waals surface area contributed by atoms with Crippen molar-refractivity contribution in [3.05, 3.63) is 96.6 Å². The van der Waals surface area contributed by atoms with Gasteiger partial charge in [-0.15, -0.1) is 0 Å². The predicted molar refractivity (Wildman–Crippen MR) is 106 cm³/mol. The second-order valence-corrected chi connectivity index (χ2v) is 9.61. The minimum Gasteiger partial charge on any atom is -0.313 e. The molecule has 4 heteroatoms. The Morgan fingerprint density at radius 3 is 1.77 bits per heavy atom. The number of nitrogens with zero attached hydrogens (tertiary/aromatic N) is 1. The third-order valence-corrected chi connectivity index (χ3v) is 8.59. The molecular weight excluding hydrogens is 341 g/mol. The average Bonchev–Trinajstić information content (AvgIpc) is 3.11. The fourth-order valence-electron chi connectivity index (χ4n) is 3.82. The molecule has 0 N–H and O–H groups in total. The van der Waals surface area contributed by atoms with E-state index in [1.54, 1.807) is 0 Å². The quantitative estimate of drug-likeness (QED) is 0.657. The number of benzene rings is 3. The molecule has 0 bridgehead atoms. The number of rotatable bonds is 4. The minimum atomic E-state index is -2.90. The highest BCUT2D eigenvalue weighted by molar-refractivity contribution is 7.79. The lowest BCUT2D eigenvalue weighted by molar-refractivity contribution is -0.110. The predicted octanol–water partition coefficient (Wildman–Crippen LogP) is 3.99. The van der Waals surface area contributed by atoms with Gasteiger partial charge in [-0.2, -0.15) is 5.06 Å². The van der Waals surface area contributed by atoms with Crippen LogP contribution in [0.3, 0.4) is 0 Å². The Labute approximate surface area is 154 Å². The molecule has 3 nitrogen and oxygen atoms in total. The highest BCUT2D eigenvalue weighted by Gasteiger charge is 2.47. The van der Waals surface area contributed by atoms with Gasteiger partial charge in [-0.3, -0.25) is 4.84 Å². The summed E-state index contributed by atoms with van der Waals surface area (Å²) < 4.78 is 14.6. The number of hydrogen-bond acceptors (Lipinski definition) is 3. The lowest BCUT2D eigenvalue weighted by Gasteiger charge is -2.30. The van der Waals surface area contributed by atoms with Crippen LogP contribution in [0.15, 0.2) is 91.0 Å². The molecule has 0 spiro atoms. The summed E-state index contributed by atoms with van der Waals surface area (Å²) in [5, 5.41) is 3.63. The third kappa shape index (κ3) is 2.93. The van der Waals surface area contributed by atoms with Crippen LogP contribution in [-0.4, -0.2) is 24.4 Å². The normalized spacial score (nSPS) is 21.0. The van der Waals surface area contributed by atoms with E-state index in [4.69, 9.17) is 4.84 Å². The zero-order chi connectivity index (χ0) is 18.0. The molecule has 3 aromatic carbocycles. The van der Waals surface area contributed by atoms with Gasteiger partial charge in [-0.05, 0) is 5.56 Å². The second-order valence-electron chi connectivity index (χ2n) is 6.59. The van der Waals surface area contributed by atoms with Gasteiger partial charge in [0.25, 0.3) is 0 Å². The fraction of sp³-hybridized carbons (Fsp3) is 0.182. The standard InChI is InChI=1S/C22H22NO2P/c1-23-22(18-11-5-2-6-12-18)21(17-25-23)26(24,19-13-7-3-8-14-19)20-15-9-4-10-16-20/h2-16,21-22H,17H2,1H3/t21-,22+/m0/s1. The zero-order valence-corrected chi connectivity index (χ0v) is 15.6. The maximum atomic E-state index is 14.6. The molecule has 0 amide bonds. The fourth-order valence-corrected chi connectivity index (χ4v) is 7.15. The van der Waals surface area contributed by atoms with Gasteiger partial charge in [0.15, 0.2) is 0 Å². The molecule has 1 heterocycles. The van der Waals surface area contributed by atoms with Gasteiger partial charge in [0.2, 0.25) is 0 Å². The largest absolute Gasteiger partial charge is 0.313 e. The van der Waals surface area contributed by atoms with Gasteiger partial charge in [0.05, 0.1) is 18.3 Å². The third-order valence-electron chi connectivity index (χ3n) is 5.09.